The normalized spacial score (nSPS) is 20.9. The minimum atomic E-state index is 0. The Balaban J connectivity index is 0.00000144. The topological polar surface area (TPSA) is 32.7 Å². The van der Waals surface area contributed by atoms with Gasteiger partial charge >= 0.3 is 0 Å². The first kappa shape index (κ1) is 14.7. The Morgan fingerprint density at radius 2 is 2.06 bits per heavy atom. The number of aliphatic hydroxyl groups is 1. The van der Waals surface area contributed by atoms with Crippen LogP contribution in [0.5, 0.6) is 0 Å². The van der Waals surface area contributed by atoms with Gasteiger partial charge in [-0.1, -0.05) is 23.7 Å². The fourth-order valence-corrected chi connectivity index (χ4v) is 2.05. The monoisotopic (exact) mass is 277 g/mol. The summed E-state index contributed by atoms with van der Waals surface area (Å²) in [6, 6.07) is 7.75. The number of β-amino-alcohol motifs (C(OH)–C–C–N with tert-alkyl or cyclic N) is 1. The van der Waals surface area contributed by atoms with E-state index < -0.39 is 0 Å². The van der Waals surface area contributed by atoms with Gasteiger partial charge in [-0.3, -0.25) is 4.90 Å². The van der Waals surface area contributed by atoms with Crippen molar-refractivity contribution >= 4 is 24.0 Å². The van der Waals surface area contributed by atoms with Crippen LogP contribution in [0.1, 0.15) is 11.7 Å². The number of morpholine rings is 1. The van der Waals surface area contributed by atoms with Crippen LogP contribution in [0.25, 0.3) is 0 Å². The number of ether oxygens (including phenoxy) is 1. The molecule has 1 saturated heterocycles. The van der Waals surface area contributed by atoms with Gasteiger partial charge in [0.05, 0.1) is 19.3 Å². The number of halogens is 2. The molecule has 1 heterocycles. The highest BCUT2D eigenvalue weighted by atomic mass is 35.5. The Bertz CT molecular complexity index is 330. The van der Waals surface area contributed by atoms with Crippen molar-refractivity contribution in [1.29, 1.82) is 0 Å². The van der Waals surface area contributed by atoms with Gasteiger partial charge in [0.15, 0.2) is 0 Å². The molecule has 1 aromatic carbocycles. The molecule has 0 aromatic heterocycles. The second kappa shape index (κ2) is 7.19. The van der Waals surface area contributed by atoms with Crippen molar-refractivity contribution in [3.63, 3.8) is 0 Å². The third-order valence-electron chi connectivity index (χ3n) is 2.81. The summed E-state index contributed by atoms with van der Waals surface area (Å²) in [5.74, 6) is 0. The number of rotatable bonds is 3. The molecule has 1 fully saturated rings. The fraction of sp³-hybridized carbons (Fsp3) is 0.500. The quantitative estimate of drug-likeness (QED) is 0.919. The molecule has 1 aromatic rings. The molecule has 2 rings (SSSR count). The molecule has 0 aliphatic carbocycles. The van der Waals surface area contributed by atoms with Crippen LogP contribution in [-0.2, 0) is 4.74 Å². The molecule has 0 spiro atoms. The highest BCUT2D eigenvalue weighted by Gasteiger charge is 2.21. The van der Waals surface area contributed by atoms with Gasteiger partial charge in [0.2, 0.25) is 0 Å². The lowest BCUT2D eigenvalue weighted by Gasteiger charge is -2.32. The van der Waals surface area contributed by atoms with Crippen molar-refractivity contribution < 1.29 is 9.84 Å². The maximum Gasteiger partial charge on any atom is 0.0952 e. The van der Waals surface area contributed by atoms with Crippen LogP contribution in [-0.4, -0.2) is 42.9 Å². The van der Waals surface area contributed by atoms with Gasteiger partial charge in [-0.25, -0.2) is 0 Å². The first-order valence-corrected chi connectivity index (χ1v) is 5.87. The van der Waals surface area contributed by atoms with Crippen molar-refractivity contribution in [2.75, 3.05) is 32.8 Å². The SMILES string of the molecule is Cl.OCCN1CCOC(c2ccc(Cl)cc2)C1. The van der Waals surface area contributed by atoms with Crippen LogP contribution in [0.3, 0.4) is 0 Å². The third-order valence-corrected chi connectivity index (χ3v) is 3.06. The van der Waals surface area contributed by atoms with Gasteiger partial charge in [0.25, 0.3) is 0 Å². The number of hydrogen-bond acceptors (Lipinski definition) is 3. The predicted octanol–water partition coefficient (Wildman–Crippen LogP) is 2.13. The fourth-order valence-electron chi connectivity index (χ4n) is 1.93. The summed E-state index contributed by atoms with van der Waals surface area (Å²) in [6.45, 7) is 3.36. The number of benzene rings is 1. The molecule has 1 N–H and O–H groups in total. The zero-order chi connectivity index (χ0) is 11.4. The first-order chi connectivity index (χ1) is 7.79. The van der Waals surface area contributed by atoms with Crippen LogP contribution >= 0.6 is 24.0 Å². The average molecular weight is 278 g/mol. The summed E-state index contributed by atoms with van der Waals surface area (Å²) in [4.78, 5) is 2.21. The molecule has 5 heteroatoms. The maximum absolute atomic E-state index is 8.91. The summed E-state index contributed by atoms with van der Waals surface area (Å²) >= 11 is 5.84. The highest BCUT2D eigenvalue weighted by Crippen LogP contribution is 2.23. The number of hydrogen-bond donors (Lipinski definition) is 1. The molecule has 1 aliphatic rings. The van der Waals surface area contributed by atoms with Gasteiger partial charge in [-0.05, 0) is 17.7 Å². The summed E-state index contributed by atoms with van der Waals surface area (Å²) in [5, 5.41) is 9.65. The maximum atomic E-state index is 8.91. The van der Waals surface area contributed by atoms with E-state index in [4.69, 9.17) is 21.4 Å². The van der Waals surface area contributed by atoms with Crippen molar-refractivity contribution in [3.8, 4) is 0 Å². The second-order valence-electron chi connectivity index (χ2n) is 3.94. The van der Waals surface area contributed by atoms with Gasteiger partial charge in [0, 0.05) is 24.7 Å². The van der Waals surface area contributed by atoms with E-state index in [1.807, 2.05) is 24.3 Å². The van der Waals surface area contributed by atoms with E-state index in [2.05, 4.69) is 4.90 Å². The van der Waals surface area contributed by atoms with Gasteiger partial charge < -0.3 is 9.84 Å². The Kier molecular flexibility index (Phi) is 6.23. The second-order valence-corrected chi connectivity index (χ2v) is 4.37. The molecule has 96 valence electrons. The molecule has 0 saturated carbocycles. The smallest absolute Gasteiger partial charge is 0.0952 e. The Labute approximate surface area is 113 Å². The van der Waals surface area contributed by atoms with Crippen LogP contribution in [0.2, 0.25) is 5.02 Å². The first-order valence-electron chi connectivity index (χ1n) is 5.50. The largest absolute Gasteiger partial charge is 0.395 e. The molecule has 0 radical (unpaired) electrons. The van der Waals surface area contributed by atoms with Crippen LogP contribution < -0.4 is 0 Å². The minimum absolute atomic E-state index is 0. The Morgan fingerprint density at radius 3 is 2.71 bits per heavy atom. The van der Waals surface area contributed by atoms with Crippen LogP contribution in [0, 0.1) is 0 Å². The minimum Gasteiger partial charge on any atom is -0.395 e. The molecule has 1 unspecified atom stereocenters. The number of nitrogens with zero attached hydrogens (tertiary/aromatic N) is 1. The summed E-state index contributed by atoms with van der Waals surface area (Å²) in [6.07, 6.45) is 0.0950. The highest BCUT2D eigenvalue weighted by molar-refractivity contribution is 6.30. The van der Waals surface area contributed by atoms with Crippen molar-refractivity contribution in [1.82, 2.24) is 4.90 Å². The summed E-state index contributed by atoms with van der Waals surface area (Å²) < 4.78 is 5.71. The lowest BCUT2D eigenvalue weighted by atomic mass is 10.1. The summed E-state index contributed by atoms with van der Waals surface area (Å²) in [7, 11) is 0. The molecule has 1 aliphatic heterocycles. The molecule has 17 heavy (non-hydrogen) atoms. The number of aliphatic hydroxyl groups excluding tert-OH is 1. The van der Waals surface area contributed by atoms with E-state index in [-0.39, 0.29) is 25.1 Å². The van der Waals surface area contributed by atoms with E-state index in [1.165, 1.54) is 0 Å². The Hall–Kier alpha value is -0.320. The zero-order valence-corrected chi connectivity index (χ0v) is 11.1. The van der Waals surface area contributed by atoms with Gasteiger partial charge in [-0.15, -0.1) is 12.4 Å². The molecule has 0 amide bonds. The average Bonchev–Trinajstić information content (AvgIpc) is 2.31. The molecule has 3 nitrogen and oxygen atoms in total. The third kappa shape index (κ3) is 4.12. The lowest BCUT2D eigenvalue weighted by Crippen LogP contribution is -2.39. The van der Waals surface area contributed by atoms with E-state index in [0.29, 0.717) is 13.2 Å². The van der Waals surface area contributed by atoms with Crippen LogP contribution in [0.4, 0.5) is 0 Å². The molecule has 0 bridgehead atoms. The van der Waals surface area contributed by atoms with E-state index in [0.717, 1.165) is 23.7 Å². The summed E-state index contributed by atoms with van der Waals surface area (Å²) in [5.41, 5.74) is 1.15. The standard InChI is InChI=1S/C12H16ClNO2.ClH/c13-11-3-1-10(2-4-11)12-9-14(5-7-15)6-8-16-12;/h1-4,12,15H,5-9H2;1H. The van der Waals surface area contributed by atoms with E-state index >= 15 is 0 Å². The van der Waals surface area contributed by atoms with Crippen LogP contribution in [0.15, 0.2) is 24.3 Å². The van der Waals surface area contributed by atoms with Crippen molar-refractivity contribution in [2.45, 2.75) is 6.10 Å². The Morgan fingerprint density at radius 1 is 1.35 bits per heavy atom. The van der Waals surface area contributed by atoms with Crippen molar-refractivity contribution in [2.24, 2.45) is 0 Å². The van der Waals surface area contributed by atoms with E-state index in [1.54, 1.807) is 0 Å². The molecule has 1 atom stereocenters. The zero-order valence-electron chi connectivity index (χ0n) is 9.51. The van der Waals surface area contributed by atoms with E-state index in [9.17, 15) is 0 Å². The lowest BCUT2D eigenvalue weighted by molar-refractivity contribution is -0.0337. The van der Waals surface area contributed by atoms with Gasteiger partial charge in [0.1, 0.15) is 0 Å². The molecular formula is C12H17Cl2NO2. The predicted molar refractivity (Wildman–Crippen MR) is 70.9 cm³/mol. The molecular weight excluding hydrogens is 261 g/mol. The van der Waals surface area contributed by atoms with Gasteiger partial charge in [-0.2, -0.15) is 0 Å². The van der Waals surface area contributed by atoms with Crippen molar-refractivity contribution in [3.05, 3.63) is 34.9 Å².